The molecule has 7 aromatic rings. The molecule has 0 spiro atoms. The first-order chi connectivity index (χ1) is 25.0. The number of halogens is 3. The Kier molecular flexibility index (Phi) is 15.7. The van der Waals surface area contributed by atoms with Gasteiger partial charge in [-0.25, -0.2) is 0 Å². The number of aryl methyl sites for hydroxylation is 6. The molecule has 0 nitrogen and oxygen atoms in total. The van der Waals surface area contributed by atoms with E-state index >= 15 is 0 Å². The molecule has 0 atom stereocenters. The van der Waals surface area contributed by atoms with E-state index in [1.54, 1.807) is 5.19 Å². The summed E-state index contributed by atoms with van der Waals surface area (Å²) in [6, 6.07) is 47.9. The molecule has 0 aromatic heterocycles. The number of hydrogen-bond acceptors (Lipinski definition) is 0. The van der Waals surface area contributed by atoms with Crippen LogP contribution in [0.3, 0.4) is 0 Å². The van der Waals surface area contributed by atoms with Crippen LogP contribution < -0.4 is 58.0 Å². The predicted octanol–water partition coefficient (Wildman–Crippen LogP) is 1.88. The van der Waals surface area contributed by atoms with Gasteiger partial charge in [0.25, 0.3) is 0 Å². The van der Waals surface area contributed by atoms with Crippen molar-refractivity contribution in [3.05, 3.63) is 183 Å². The zero-order valence-electron chi connectivity index (χ0n) is 34.3. The van der Waals surface area contributed by atoms with Crippen molar-refractivity contribution >= 4 is 28.8 Å². The van der Waals surface area contributed by atoms with Gasteiger partial charge in [0.1, 0.15) is 0 Å². The molecule has 0 aliphatic carbocycles. The second-order valence-electron chi connectivity index (χ2n) is 15.1. The molecule has 284 valence electrons. The first-order valence-corrected chi connectivity index (χ1v) is 20.7. The maximum absolute atomic E-state index is 3.31. The molecule has 0 saturated carbocycles. The smallest absolute Gasteiger partial charge is 1.00 e. The first-order valence-electron chi connectivity index (χ1n) is 18.7. The van der Waals surface area contributed by atoms with Crippen molar-refractivity contribution in [2.24, 2.45) is 0 Å². The van der Waals surface area contributed by atoms with Gasteiger partial charge in [0.05, 0.1) is 0 Å². The normalized spacial score (nSPS) is 10.8. The summed E-state index contributed by atoms with van der Waals surface area (Å²) in [7, 11) is -3.31. The van der Waals surface area contributed by atoms with Crippen molar-refractivity contribution in [3.63, 3.8) is 0 Å². The Morgan fingerprint density at radius 3 is 0.875 bits per heavy atom. The third-order valence-corrected chi connectivity index (χ3v) is 17.7. The molecular weight excluding hydrogens is 795 g/mol. The van der Waals surface area contributed by atoms with Crippen molar-refractivity contribution in [1.29, 1.82) is 0 Å². The van der Waals surface area contributed by atoms with Gasteiger partial charge in [0.15, 0.2) is 8.07 Å². The molecule has 0 aliphatic heterocycles. The van der Waals surface area contributed by atoms with E-state index in [2.05, 4.69) is 197 Å². The maximum Gasteiger partial charge on any atom is 4.00 e. The fourth-order valence-corrected chi connectivity index (χ4v) is 16.5. The fourth-order valence-electron chi connectivity index (χ4n) is 9.34. The molecule has 0 bridgehead atoms. The Hall–Kier alpha value is -3.53. The van der Waals surface area contributed by atoms with Gasteiger partial charge in [-0.15, -0.1) is 0 Å². The van der Waals surface area contributed by atoms with Crippen LogP contribution in [0.2, 0.25) is 0 Å². The Morgan fingerprint density at radius 2 is 0.625 bits per heavy atom. The summed E-state index contributed by atoms with van der Waals surface area (Å²) in [5.74, 6) is 0. The Bertz CT molecular complexity index is 2190. The van der Waals surface area contributed by atoms with E-state index < -0.39 is 8.07 Å². The van der Waals surface area contributed by atoms with Crippen LogP contribution in [-0.4, -0.2) is 8.07 Å². The van der Waals surface area contributed by atoms with Gasteiger partial charge in [-0.3, -0.25) is 0 Å². The molecular formula is C51H51Cl3SiTi. The Balaban J connectivity index is 0.00000210. The number of rotatable bonds is 7. The van der Waals surface area contributed by atoms with E-state index in [1.165, 1.54) is 105 Å². The molecule has 56 heavy (non-hydrogen) atoms. The monoisotopic (exact) mass is 844 g/mol. The first kappa shape index (κ1) is 46.9. The van der Waals surface area contributed by atoms with E-state index in [1.807, 2.05) is 0 Å². The second-order valence-corrected chi connectivity index (χ2v) is 18.6. The third-order valence-electron chi connectivity index (χ3n) is 12.0. The molecule has 5 heteroatoms. The largest absolute Gasteiger partial charge is 4.00 e. The van der Waals surface area contributed by atoms with Gasteiger partial charge in [0, 0.05) is 0 Å². The summed E-state index contributed by atoms with van der Waals surface area (Å²) >= 11 is 0. The molecule has 0 unspecified atom stereocenters. The van der Waals surface area contributed by atoms with Crippen molar-refractivity contribution in [2.45, 2.75) is 69.2 Å². The number of hydrogen-bond donors (Lipinski definition) is 0. The van der Waals surface area contributed by atoms with Gasteiger partial charge in [-0.05, 0) is 107 Å². The molecule has 7 rings (SSSR count). The van der Waals surface area contributed by atoms with E-state index in [-0.39, 0.29) is 58.9 Å². The van der Waals surface area contributed by atoms with E-state index in [4.69, 9.17) is 0 Å². The van der Waals surface area contributed by atoms with Crippen LogP contribution >= 0.6 is 0 Å². The predicted molar refractivity (Wildman–Crippen MR) is 229 cm³/mol. The quantitative estimate of drug-likeness (QED) is 0.131. The maximum atomic E-state index is 2.42. The molecule has 7 aromatic carbocycles. The van der Waals surface area contributed by atoms with Crippen molar-refractivity contribution in [1.82, 2.24) is 0 Å². The van der Waals surface area contributed by atoms with E-state index in [9.17, 15) is 0 Å². The van der Waals surface area contributed by atoms with Crippen LogP contribution in [0.5, 0.6) is 0 Å². The van der Waals surface area contributed by atoms with Crippen LogP contribution in [0, 0.1) is 69.2 Å². The van der Waals surface area contributed by atoms with Crippen molar-refractivity contribution < 1.29 is 58.9 Å². The van der Waals surface area contributed by atoms with Gasteiger partial charge in [-0.1, -0.05) is 172 Å². The Morgan fingerprint density at radius 1 is 0.357 bits per heavy atom. The molecule has 0 radical (unpaired) electrons. The standard InChI is InChI=1S/C51H51Si.3ClH.Ti/c1-32-26-29-35(4)48(45(32)42-20-14-11-15-21-42)52(51-40(9)38(7)39(8)41(51)10,49-36(5)30-27-33(2)46(49)43-22-16-12-17-23-43)50-37(6)31-28-34(3)47(50)44-24-18-13-19-25-44;;;;/h11-31H,1-10H3;3*1H;/q-1;;;;+4/p-3. The van der Waals surface area contributed by atoms with Crippen LogP contribution in [-0.2, 0) is 21.7 Å². The van der Waals surface area contributed by atoms with E-state index in [0.29, 0.717) is 0 Å². The topological polar surface area (TPSA) is 0 Å². The minimum absolute atomic E-state index is 0. The van der Waals surface area contributed by atoms with Crippen LogP contribution in [0.1, 0.15) is 55.6 Å². The summed E-state index contributed by atoms with van der Waals surface area (Å²) in [5.41, 5.74) is 21.7. The molecule has 0 aliphatic rings. The van der Waals surface area contributed by atoms with Crippen LogP contribution in [0.4, 0.5) is 0 Å². The summed E-state index contributed by atoms with van der Waals surface area (Å²) in [4.78, 5) is 0. The second kappa shape index (κ2) is 18.8. The van der Waals surface area contributed by atoms with Crippen molar-refractivity contribution in [2.75, 3.05) is 0 Å². The average molecular weight is 846 g/mol. The van der Waals surface area contributed by atoms with Gasteiger partial charge in [-0.2, -0.15) is 27.4 Å². The SMILES string of the molecule is Cc1ccc(C)c([Si](c2c(C)ccc(C)c2-c2ccccc2)(c2c(C)ccc(C)c2-c2ccccc2)c2c(C)c(C)c(C)[c-]2C)c1-c1ccccc1.[Cl-].[Cl-].[Cl-].[Ti+4]. The summed E-state index contributed by atoms with van der Waals surface area (Å²) in [6.45, 7) is 23.7. The van der Waals surface area contributed by atoms with Crippen molar-refractivity contribution in [3.8, 4) is 33.4 Å². The van der Waals surface area contributed by atoms with Gasteiger partial charge in [0.2, 0.25) is 0 Å². The summed E-state index contributed by atoms with van der Waals surface area (Å²) < 4.78 is 0. The fraction of sp³-hybridized carbons (Fsp3) is 0.196. The zero-order chi connectivity index (χ0) is 36.9. The molecule has 0 heterocycles. The minimum atomic E-state index is -3.31. The molecule has 0 saturated heterocycles. The molecule has 0 fully saturated rings. The summed E-state index contributed by atoms with van der Waals surface area (Å²) in [6.07, 6.45) is 0. The summed E-state index contributed by atoms with van der Waals surface area (Å²) in [5, 5.41) is 6.06. The zero-order valence-corrected chi connectivity index (χ0v) is 39.1. The minimum Gasteiger partial charge on any atom is -1.00 e. The van der Waals surface area contributed by atoms with E-state index in [0.717, 1.165) is 0 Å². The van der Waals surface area contributed by atoms with Gasteiger partial charge < -0.3 is 37.2 Å². The Labute approximate surface area is 370 Å². The average Bonchev–Trinajstić information content (AvgIpc) is 3.35. The molecule has 0 N–H and O–H groups in total. The number of benzene rings is 6. The van der Waals surface area contributed by atoms with Crippen LogP contribution in [0.15, 0.2) is 127 Å². The third kappa shape index (κ3) is 7.60. The van der Waals surface area contributed by atoms with Crippen LogP contribution in [0.25, 0.3) is 33.4 Å². The van der Waals surface area contributed by atoms with Gasteiger partial charge >= 0.3 is 21.7 Å². The molecule has 0 amide bonds.